The van der Waals surface area contributed by atoms with Gasteiger partial charge in [0.05, 0.1) is 11.7 Å². The van der Waals surface area contributed by atoms with Gasteiger partial charge in [-0.15, -0.1) is 0 Å². The van der Waals surface area contributed by atoms with Crippen LogP contribution in [0.4, 0.5) is 0 Å². The van der Waals surface area contributed by atoms with Gasteiger partial charge in [0.1, 0.15) is 12.6 Å². The minimum atomic E-state index is -1.13. The number of rotatable bonds is 6. The van der Waals surface area contributed by atoms with Gasteiger partial charge >= 0.3 is 0 Å². The molecule has 0 radical (unpaired) electrons. The van der Waals surface area contributed by atoms with Crippen LogP contribution in [-0.4, -0.2) is 17.7 Å². The van der Waals surface area contributed by atoms with Gasteiger partial charge in [0, 0.05) is 6.42 Å². The molecule has 1 rings (SSSR count). The molecule has 0 bridgehead atoms. The zero-order chi connectivity index (χ0) is 13.5. The second kappa shape index (κ2) is 6.76. The first kappa shape index (κ1) is 14.2. The molecule has 1 atom stereocenters. The summed E-state index contributed by atoms with van der Waals surface area (Å²) in [6.07, 6.45) is 0.371. The summed E-state index contributed by atoms with van der Waals surface area (Å²) >= 11 is 0. The molecule has 0 aliphatic heterocycles. The van der Waals surface area contributed by atoms with Gasteiger partial charge in [0.2, 0.25) is 0 Å². The Morgan fingerprint density at radius 2 is 1.89 bits per heavy atom. The number of carbonyl (C=O) groups excluding carboxylic acids is 1. The highest BCUT2D eigenvalue weighted by Crippen LogP contribution is 2.07. The van der Waals surface area contributed by atoms with Gasteiger partial charge in [-0.25, -0.2) is 0 Å². The van der Waals surface area contributed by atoms with E-state index in [4.69, 9.17) is 4.84 Å². The maximum absolute atomic E-state index is 10.6. The van der Waals surface area contributed by atoms with E-state index in [0.717, 1.165) is 16.8 Å². The van der Waals surface area contributed by atoms with Gasteiger partial charge in [-0.3, -0.25) is 0 Å². The first-order valence-corrected chi connectivity index (χ1v) is 5.74. The fourth-order valence-corrected chi connectivity index (χ4v) is 1.38. The maximum Gasteiger partial charge on any atom is 0.142 e. The SMILES string of the molecule is CC(C)=NOCc1ccc(C[C@H]([NH3+])C(=O)[O-])cc1. The molecule has 0 spiro atoms. The van der Waals surface area contributed by atoms with Crippen molar-refractivity contribution < 1.29 is 20.5 Å². The predicted octanol–water partition coefficient (Wildman–Crippen LogP) is -0.498. The summed E-state index contributed by atoms with van der Waals surface area (Å²) in [4.78, 5) is 15.7. The minimum absolute atomic E-state index is 0.371. The van der Waals surface area contributed by atoms with Gasteiger partial charge in [-0.1, -0.05) is 29.4 Å². The Kier molecular flexibility index (Phi) is 5.32. The van der Waals surface area contributed by atoms with Gasteiger partial charge in [-0.05, 0) is 25.0 Å². The molecule has 18 heavy (non-hydrogen) atoms. The van der Waals surface area contributed by atoms with Crippen LogP contribution in [0.3, 0.4) is 0 Å². The van der Waals surface area contributed by atoms with E-state index >= 15 is 0 Å². The molecule has 0 amide bonds. The summed E-state index contributed by atoms with van der Waals surface area (Å²) in [7, 11) is 0. The molecule has 0 saturated heterocycles. The van der Waals surface area contributed by atoms with Gasteiger partial charge in [0.15, 0.2) is 0 Å². The highest BCUT2D eigenvalue weighted by Gasteiger charge is 2.08. The van der Waals surface area contributed by atoms with Crippen molar-refractivity contribution >= 4 is 11.7 Å². The number of carboxylic acids is 1. The van der Waals surface area contributed by atoms with Gasteiger partial charge in [-0.2, -0.15) is 0 Å². The van der Waals surface area contributed by atoms with Crippen LogP contribution in [-0.2, 0) is 22.7 Å². The van der Waals surface area contributed by atoms with Gasteiger partial charge < -0.3 is 20.5 Å². The molecule has 5 nitrogen and oxygen atoms in total. The third-order valence-electron chi connectivity index (χ3n) is 2.32. The Bertz CT molecular complexity index is 422. The summed E-state index contributed by atoms with van der Waals surface area (Å²) in [6, 6.07) is 6.78. The maximum atomic E-state index is 10.6. The lowest BCUT2D eigenvalue weighted by Gasteiger charge is -2.09. The van der Waals surface area contributed by atoms with Gasteiger partial charge in [0.25, 0.3) is 0 Å². The number of hydrogen-bond acceptors (Lipinski definition) is 4. The largest absolute Gasteiger partial charge is 0.544 e. The Balaban J connectivity index is 2.52. The minimum Gasteiger partial charge on any atom is -0.544 e. The van der Waals surface area contributed by atoms with Crippen LogP contribution in [0.1, 0.15) is 25.0 Å². The summed E-state index contributed by atoms with van der Waals surface area (Å²) in [5.74, 6) is -1.13. The number of hydrogen-bond donors (Lipinski definition) is 1. The van der Waals surface area contributed by atoms with Crippen molar-refractivity contribution in [1.29, 1.82) is 0 Å². The smallest absolute Gasteiger partial charge is 0.142 e. The highest BCUT2D eigenvalue weighted by molar-refractivity contribution is 5.78. The molecule has 0 aromatic heterocycles. The first-order valence-electron chi connectivity index (χ1n) is 5.74. The Morgan fingerprint density at radius 1 is 1.33 bits per heavy atom. The molecular formula is C13H18N2O3. The third-order valence-corrected chi connectivity index (χ3v) is 2.32. The van der Waals surface area contributed by atoms with E-state index in [1.807, 2.05) is 38.1 Å². The van der Waals surface area contributed by atoms with E-state index in [1.165, 1.54) is 0 Å². The highest BCUT2D eigenvalue weighted by atomic mass is 16.6. The monoisotopic (exact) mass is 250 g/mol. The first-order chi connectivity index (χ1) is 8.49. The molecular weight excluding hydrogens is 232 g/mol. The van der Waals surface area contributed by atoms with E-state index in [-0.39, 0.29) is 0 Å². The van der Waals surface area contributed by atoms with Crippen molar-refractivity contribution in [2.45, 2.75) is 32.9 Å². The van der Waals surface area contributed by atoms with Crippen molar-refractivity contribution in [1.82, 2.24) is 0 Å². The number of benzene rings is 1. The summed E-state index contributed by atoms with van der Waals surface area (Å²) in [6.45, 7) is 4.12. The van der Waals surface area contributed by atoms with Crippen LogP contribution in [0.2, 0.25) is 0 Å². The van der Waals surface area contributed by atoms with Crippen LogP contribution >= 0.6 is 0 Å². The van der Waals surface area contributed by atoms with Crippen molar-refractivity contribution in [3.8, 4) is 0 Å². The summed E-state index contributed by atoms with van der Waals surface area (Å²) < 4.78 is 0. The van der Waals surface area contributed by atoms with E-state index in [1.54, 1.807) is 0 Å². The Labute approximate surface area is 106 Å². The van der Waals surface area contributed by atoms with Crippen LogP contribution in [0.5, 0.6) is 0 Å². The van der Waals surface area contributed by atoms with Crippen molar-refractivity contribution in [2.75, 3.05) is 0 Å². The standard InChI is InChI=1S/C13H18N2O3/c1-9(2)15-18-8-11-5-3-10(4-6-11)7-12(14)13(16)17/h3-6,12H,7-8,14H2,1-2H3,(H,16,17)/t12-/m0/s1. The van der Waals surface area contributed by atoms with E-state index in [9.17, 15) is 9.90 Å². The molecule has 5 heteroatoms. The zero-order valence-electron chi connectivity index (χ0n) is 10.7. The fraction of sp³-hybridized carbons (Fsp3) is 0.385. The molecule has 98 valence electrons. The van der Waals surface area contributed by atoms with Crippen molar-refractivity contribution in [3.05, 3.63) is 35.4 Å². The molecule has 0 aliphatic rings. The molecule has 0 fully saturated rings. The number of quaternary nitrogens is 1. The Morgan fingerprint density at radius 3 is 2.39 bits per heavy atom. The van der Waals surface area contributed by atoms with Crippen LogP contribution < -0.4 is 10.8 Å². The molecule has 0 saturated carbocycles. The lowest BCUT2D eigenvalue weighted by atomic mass is 10.1. The summed E-state index contributed by atoms with van der Waals surface area (Å²) in [5, 5.41) is 14.4. The van der Waals surface area contributed by atoms with Crippen LogP contribution in [0, 0.1) is 0 Å². The molecule has 0 unspecified atom stereocenters. The van der Waals surface area contributed by atoms with E-state index in [0.29, 0.717) is 13.0 Å². The van der Waals surface area contributed by atoms with Crippen molar-refractivity contribution in [3.63, 3.8) is 0 Å². The average Bonchev–Trinajstić information content (AvgIpc) is 2.30. The van der Waals surface area contributed by atoms with Crippen LogP contribution in [0.15, 0.2) is 29.4 Å². The molecule has 0 heterocycles. The number of carbonyl (C=O) groups is 1. The predicted molar refractivity (Wildman–Crippen MR) is 65.4 cm³/mol. The lowest BCUT2D eigenvalue weighted by Crippen LogP contribution is -2.69. The Hall–Kier alpha value is -1.88. The number of aliphatic carboxylic acids is 1. The second-order valence-electron chi connectivity index (χ2n) is 4.35. The topological polar surface area (TPSA) is 89.4 Å². The molecule has 0 aliphatic carbocycles. The molecule has 3 N–H and O–H groups in total. The number of nitrogens with zero attached hydrogens (tertiary/aromatic N) is 1. The number of oxime groups is 1. The quantitative estimate of drug-likeness (QED) is 0.545. The third kappa shape index (κ3) is 4.97. The zero-order valence-corrected chi connectivity index (χ0v) is 10.7. The average molecular weight is 250 g/mol. The second-order valence-corrected chi connectivity index (χ2v) is 4.35. The number of carboxylic acid groups (broad SMARTS) is 1. The van der Waals surface area contributed by atoms with E-state index in [2.05, 4.69) is 10.9 Å². The van der Waals surface area contributed by atoms with Crippen LogP contribution in [0.25, 0.3) is 0 Å². The van der Waals surface area contributed by atoms with E-state index < -0.39 is 12.0 Å². The molecule has 1 aromatic rings. The normalized spacial score (nSPS) is 11.7. The molecule has 1 aromatic carbocycles. The fourth-order valence-electron chi connectivity index (χ4n) is 1.38. The lowest BCUT2D eigenvalue weighted by molar-refractivity contribution is -0.437. The summed E-state index contributed by atoms with van der Waals surface area (Å²) in [5.41, 5.74) is 6.28. The van der Waals surface area contributed by atoms with Crippen molar-refractivity contribution in [2.24, 2.45) is 5.16 Å².